The molecule has 1 aliphatic rings. The molecule has 0 aromatic heterocycles. The highest BCUT2D eigenvalue weighted by molar-refractivity contribution is 7.46. The lowest BCUT2D eigenvalue weighted by molar-refractivity contribution is -0.00996. The number of hydrogen-bond donors (Lipinski definition) is 3. The summed E-state index contributed by atoms with van der Waals surface area (Å²) in [5.41, 5.74) is 10.3. The zero-order valence-corrected chi connectivity index (χ0v) is 11.2. The molecule has 0 bridgehead atoms. The van der Waals surface area contributed by atoms with Gasteiger partial charge in [-0.05, 0) is 18.2 Å². The summed E-state index contributed by atoms with van der Waals surface area (Å²) in [6.07, 6.45) is 3.27. The van der Waals surface area contributed by atoms with Crippen molar-refractivity contribution in [1.29, 1.82) is 0 Å². The minimum absolute atomic E-state index is 0.0481. The van der Waals surface area contributed by atoms with Crippen LogP contribution in [0.5, 0.6) is 0 Å². The van der Waals surface area contributed by atoms with E-state index in [0.29, 0.717) is 5.70 Å². The third-order valence-electron chi connectivity index (χ3n) is 2.49. The topological polar surface area (TPSA) is 115 Å². The molecule has 0 spiro atoms. The number of allylic oxidation sites excluding steroid dienone is 3. The molecule has 0 amide bonds. The van der Waals surface area contributed by atoms with Crippen LogP contribution in [0.25, 0.3) is 5.53 Å². The van der Waals surface area contributed by atoms with E-state index in [1.807, 2.05) is 30.3 Å². The van der Waals surface area contributed by atoms with Crippen LogP contribution in [0.4, 0.5) is 5.69 Å². The maximum absolute atomic E-state index is 10.9. The van der Waals surface area contributed by atoms with Crippen molar-refractivity contribution in [3.63, 3.8) is 0 Å². The number of phosphoric ester groups is 1. The monoisotopic (exact) mass is 293 g/mol. The van der Waals surface area contributed by atoms with E-state index in [1.54, 1.807) is 6.08 Å². The highest BCUT2D eigenvalue weighted by Gasteiger charge is 2.28. The first kappa shape index (κ1) is 14.2. The van der Waals surface area contributed by atoms with Crippen molar-refractivity contribution in [2.24, 2.45) is 0 Å². The van der Waals surface area contributed by atoms with Crippen LogP contribution in [0.3, 0.4) is 0 Å². The predicted octanol–water partition coefficient (Wildman–Crippen LogP) is 2.05. The number of anilines is 1. The summed E-state index contributed by atoms with van der Waals surface area (Å²) >= 11 is 0. The fourth-order valence-corrected chi connectivity index (χ4v) is 2.08. The van der Waals surface area contributed by atoms with Gasteiger partial charge in [-0.15, -0.1) is 0 Å². The largest absolute Gasteiger partial charge is 0.525 e. The van der Waals surface area contributed by atoms with Crippen molar-refractivity contribution in [1.82, 2.24) is 0 Å². The summed E-state index contributed by atoms with van der Waals surface area (Å²) in [5, 5.41) is 3.06. The number of phosphoric acid groups is 1. The molecule has 1 aliphatic carbocycles. The summed E-state index contributed by atoms with van der Waals surface area (Å²) in [4.78, 5) is 20.6. The number of nitrogens with zero attached hydrogens (tertiary/aromatic N) is 2. The van der Waals surface area contributed by atoms with Crippen molar-refractivity contribution in [3.05, 3.63) is 59.5 Å². The first-order chi connectivity index (χ1) is 9.48. The summed E-state index contributed by atoms with van der Waals surface area (Å²) in [6, 6.07) is 9.25. The third kappa shape index (κ3) is 3.91. The Balaban J connectivity index is 2.22. The molecule has 0 heterocycles. The van der Waals surface area contributed by atoms with Crippen molar-refractivity contribution >= 4 is 19.2 Å². The fraction of sp³-hybridized carbons (Fsp3) is 0.0833. The lowest BCUT2D eigenvalue weighted by Gasteiger charge is -2.14. The van der Waals surface area contributed by atoms with Gasteiger partial charge in [-0.3, -0.25) is 9.79 Å². The van der Waals surface area contributed by atoms with Gasteiger partial charge in [0.1, 0.15) is 0 Å². The van der Waals surface area contributed by atoms with Crippen LogP contribution in [-0.4, -0.2) is 20.3 Å². The van der Waals surface area contributed by atoms with Gasteiger partial charge in [0.25, 0.3) is 0 Å². The number of nitrogens with one attached hydrogen (secondary N) is 1. The number of rotatable bonds is 4. The molecule has 104 valence electrons. The van der Waals surface area contributed by atoms with E-state index in [2.05, 4.69) is 14.6 Å². The van der Waals surface area contributed by atoms with Gasteiger partial charge in [-0.1, -0.05) is 18.2 Å². The second-order valence-corrected chi connectivity index (χ2v) is 5.16. The Morgan fingerprint density at radius 1 is 1.30 bits per heavy atom. The molecule has 1 aromatic carbocycles. The van der Waals surface area contributed by atoms with Crippen LogP contribution in [0.2, 0.25) is 0 Å². The van der Waals surface area contributed by atoms with E-state index in [-0.39, 0.29) is 17.9 Å². The number of benzene rings is 1. The average molecular weight is 293 g/mol. The van der Waals surface area contributed by atoms with Crippen molar-refractivity contribution in [2.75, 3.05) is 5.32 Å². The minimum Gasteiger partial charge on any atom is -0.396 e. The number of hydrogen-bond acceptors (Lipinski definition) is 3. The van der Waals surface area contributed by atoms with Gasteiger partial charge in [-0.25, -0.2) is 4.57 Å². The fourth-order valence-electron chi connectivity index (χ4n) is 1.66. The van der Waals surface area contributed by atoms with Gasteiger partial charge in [0.15, 0.2) is 0 Å². The maximum Gasteiger partial charge on any atom is 0.525 e. The van der Waals surface area contributed by atoms with Gasteiger partial charge in [0.2, 0.25) is 5.76 Å². The zero-order valence-electron chi connectivity index (χ0n) is 10.3. The van der Waals surface area contributed by atoms with Gasteiger partial charge >= 0.3 is 13.5 Å². The minimum atomic E-state index is -4.71. The molecule has 0 fully saturated rings. The molecule has 0 saturated heterocycles. The third-order valence-corrected chi connectivity index (χ3v) is 2.92. The van der Waals surface area contributed by atoms with Gasteiger partial charge < -0.3 is 15.4 Å². The molecular formula is C12H12N3O4P. The predicted molar refractivity (Wildman–Crippen MR) is 72.6 cm³/mol. The van der Waals surface area contributed by atoms with Crippen molar-refractivity contribution < 1.29 is 23.7 Å². The van der Waals surface area contributed by atoms with Crippen LogP contribution >= 0.6 is 7.82 Å². The van der Waals surface area contributed by atoms with Gasteiger partial charge in [-0.2, -0.15) is 4.79 Å². The Morgan fingerprint density at radius 3 is 2.60 bits per heavy atom. The Kier molecular flexibility index (Phi) is 4.17. The molecule has 0 aliphatic heterocycles. The number of para-hydroxylation sites is 1. The molecule has 0 radical (unpaired) electrons. The first-order valence-corrected chi connectivity index (χ1v) is 7.21. The molecular weight excluding hydrogens is 281 g/mol. The molecule has 0 saturated carbocycles. The smallest absolute Gasteiger partial charge is 0.396 e. The van der Waals surface area contributed by atoms with Crippen LogP contribution in [-0.2, 0) is 9.09 Å². The molecule has 0 atom stereocenters. The molecule has 0 unspecified atom stereocenters. The van der Waals surface area contributed by atoms with E-state index < -0.39 is 7.82 Å². The maximum atomic E-state index is 10.9. The summed E-state index contributed by atoms with van der Waals surface area (Å²) < 4.78 is 15.4. The summed E-state index contributed by atoms with van der Waals surface area (Å²) in [5.74, 6) is -0.165. The quantitative estimate of drug-likeness (QED) is 0.446. The standard InChI is InChI=1S/C12H12N3O4P/c13-15-11-7-6-10(8-12(11)19-20(16,17)18)14-9-4-2-1-3-5-9/h1-6,8,14H,7H2,(H2,16,17,18). The van der Waals surface area contributed by atoms with E-state index in [4.69, 9.17) is 15.3 Å². The first-order valence-electron chi connectivity index (χ1n) is 5.68. The highest BCUT2D eigenvalue weighted by atomic mass is 31.2. The van der Waals surface area contributed by atoms with E-state index in [1.165, 1.54) is 6.08 Å². The molecule has 7 nitrogen and oxygen atoms in total. The van der Waals surface area contributed by atoms with E-state index >= 15 is 0 Å². The Hall–Kier alpha value is -2.17. The van der Waals surface area contributed by atoms with E-state index in [9.17, 15) is 4.57 Å². The molecule has 2 rings (SSSR count). The normalized spacial score (nSPS) is 15.0. The van der Waals surface area contributed by atoms with E-state index in [0.717, 1.165) is 5.69 Å². The Morgan fingerprint density at radius 2 is 2.00 bits per heavy atom. The van der Waals surface area contributed by atoms with Crippen LogP contribution in [0, 0.1) is 0 Å². The molecule has 20 heavy (non-hydrogen) atoms. The lowest BCUT2D eigenvalue weighted by Crippen LogP contribution is -2.13. The highest BCUT2D eigenvalue weighted by Crippen LogP contribution is 2.40. The second-order valence-electron chi connectivity index (χ2n) is 3.99. The average Bonchev–Trinajstić information content (AvgIpc) is 2.38. The second kappa shape index (κ2) is 5.86. The summed E-state index contributed by atoms with van der Waals surface area (Å²) in [6.45, 7) is 0. The molecule has 1 aromatic rings. The van der Waals surface area contributed by atoms with Crippen LogP contribution in [0.1, 0.15) is 6.42 Å². The van der Waals surface area contributed by atoms with Gasteiger partial charge in [0.05, 0.1) is 6.42 Å². The van der Waals surface area contributed by atoms with Gasteiger partial charge in [0, 0.05) is 17.5 Å². The Labute approximate surface area is 115 Å². The SMILES string of the molecule is [N-]=[N+]=C1CC=C(Nc2ccccc2)C=C1OP(=O)(O)O. The molecule has 3 N–H and O–H groups in total. The zero-order chi connectivity index (χ0) is 14.6. The van der Waals surface area contributed by atoms with Crippen molar-refractivity contribution in [2.45, 2.75) is 6.42 Å². The van der Waals surface area contributed by atoms with Crippen LogP contribution < -0.4 is 5.32 Å². The Bertz CT molecular complexity index is 657. The molecule has 8 heteroatoms. The van der Waals surface area contributed by atoms with Crippen LogP contribution in [0.15, 0.2) is 53.9 Å². The lowest BCUT2D eigenvalue weighted by atomic mass is 10.1. The van der Waals surface area contributed by atoms with Crippen molar-refractivity contribution in [3.8, 4) is 0 Å². The summed E-state index contributed by atoms with van der Waals surface area (Å²) in [7, 11) is -4.71.